The van der Waals surface area contributed by atoms with Crippen molar-refractivity contribution in [1.82, 2.24) is 10.6 Å². The number of rotatable bonds is 10. The fourth-order valence-electron chi connectivity index (χ4n) is 4.47. The molecule has 0 radical (unpaired) electrons. The predicted molar refractivity (Wildman–Crippen MR) is 138 cm³/mol. The molecule has 2 fully saturated rings. The van der Waals surface area contributed by atoms with Crippen LogP contribution in [-0.2, 0) is 16.1 Å². The van der Waals surface area contributed by atoms with E-state index in [2.05, 4.69) is 28.9 Å². The number of carbonyl (C=O) groups excluding carboxylic acids is 1. The van der Waals surface area contributed by atoms with Gasteiger partial charge in [-0.05, 0) is 62.1 Å². The lowest BCUT2D eigenvalue weighted by Gasteiger charge is -2.42. The Morgan fingerprint density at radius 2 is 1.97 bits per heavy atom. The number of hydrogen-bond acceptors (Lipinski definition) is 3. The van der Waals surface area contributed by atoms with E-state index < -0.39 is 0 Å². The van der Waals surface area contributed by atoms with Crippen LogP contribution in [0.3, 0.4) is 0 Å². The summed E-state index contributed by atoms with van der Waals surface area (Å²) in [4.78, 5) is 17.2. The van der Waals surface area contributed by atoms with Gasteiger partial charge in [0, 0.05) is 38.4 Å². The molecule has 0 saturated heterocycles. The molecular formula is C24H39IN4O2. The Bertz CT molecular complexity index is 715. The summed E-state index contributed by atoms with van der Waals surface area (Å²) in [6.45, 7) is 5.23. The SMILES string of the molecule is CCNC(=NCc1cccc(NC(=O)C2CCCC2)c1)NCC1(CCOC)CCC1.I. The normalized spacial score (nSPS) is 18.1. The van der Waals surface area contributed by atoms with Crippen LogP contribution >= 0.6 is 24.0 Å². The molecule has 174 valence electrons. The van der Waals surface area contributed by atoms with E-state index in [0.717, 1.165) is 56.2 Å². The standard InChI is InChI=1S/C24H38N4O2.HI/c1-3-25-23(27-18-24(12-7-13-24)14-15-30-2)26-17-19-8-6-11-21(16-19)28-22(29)20-9-4-5-10-20;/h6,8,11,16,20H,3-5,7,9-10,12-15,17-18H2,1-2H3,(H,28,29)(H2,25,26,27);1H. The lowest BCUT2D eigenvalue weighted by atomic mass is 9.67. The summed E-state index contributed by atoms with van der Waals surface area (Å²) in [5.41, 5.74) is 2.30. The summed E-state index contributed by atoms with van der Waals surface area (Å²) in [5, 5.41) is 9.98. The van der Waals surface area contributed by atoms with E-state index in [1.54, 1.807) is 7.11 Å². The first-order valence-electron chi connectivity index (χ1n) is 11.5. The maximum atomic E-state index is 12.4. The van der Waals surface area contributed by atoms with Gasteiger partial charge >= 0.3 is 0 Å². The van der Waals surface area contributed by atoms with E-state index >= 15 is 0 Å². The van der Waals surface area contributed by atoms with Crippen LogP contribution in [-0.4, -0.2) is 38.7 Å². The number of guanidine groups is 1. The van der Waals surface area contributed by atoms with Crippen LogP contribution < -0.4 is 16.0 Å². The molecule has 2 aliphatic carbocycles. The first kappa shape index (κ1) is 25.9. The van der Waals surface area contributed by atoms with Crippen LogP contribution in [0.25, 0.3) is 0 Å². The molecule has 3 rings (SSSR count). The number of carbonyl (C=O) groups is 1. The van der Waals surface area contributed by atoms with Crippen LogP contribution in [0.15, 0.2) is 29.3 Å². The number of methoxy groups -OCH3 is 1. The zero-order valence-corrected chi connectivity index (χ0v) is 21.4. The van der Waals surface area contributed by atoms with Crippen LogP contribution in [0.5, 0.6) is 0 Å². The molecule has 31 heavy (non-hydrogen) atoms. The molecular weight excluding hydrogens is 503 g/mol. The molecule has 0 spiro atoms. The highest BCUT2D eigenvalue weighted by Gasteiger charge is 2.36. The van der Waals surface area contributed by atoms with Crippen molar-refractivity contribution in [3.8, 4) is 0 Å². The minimum atomic E-state index is 0. The molecule has 0 atom stereocenters. The Labute approximate surface area is 204 Å². The van der Waals surface area contributed by atoms with Gasteiger partial charge in [-0.2, -0.15) is 0 Å². The topological polar surface area (TPSA) is 74.8 Å². The third-order valence-electron chi connectivity index (χ3n) is 6.57. The van der Waals surface area contributed by atoms with Gasteiger partial charge in [0.2, 0.25) is 5.91 Å². The van der Waals surface area contributed by atoms with E-state index in [-0.39, 0.29) is 35.8 Å². The van der Waals surface area contributed by atoms with Crippen LogP contribution in [0.2, 0.25) is 0 Å². The van der Waals surface area contributed by atoms with Crippen molar-refractivity contribution in [1.29, 1.82) is 0 Å². The van der Waals surface area contributed by atoms with Crippen molar-refractivity contribution in [2.24, 2.45) is 16.3 Å². The highest BCUT2D eigenvalue weighted by molar-refractivity contribution is 14.0. The molecule has 1 amide bonds. The smallest absolute Gasteiger partial charge is 0.227 e. The highest BCUT2D eigenvalue weighted by Crippen LogP contribution is 2.43. The molecule has 1 aromatic carbocycles. The van der Waals surface area contributed by atoms with Crippen LogP contribution in [0, 0.1) is 11.3 Å². The van der Waals surface area contributed by atoms with E-state index in [1.165, 1.54) is 32.1 Å². The van der Waals surface area contributed by atoms with Crippen molar-refractivity contribution < 1.29 is 9.53 Å². The number of halogens is 1. The fraction of sp³-hybridized carbons (Fsp3) is 0.667. The largest absolute Gasteiger partial charge is 0.385 e. The van der Waals surface area contributed by atoms with Crippen molar-refractivity contribution in [2.75, 3.05) is 32.1 Å². The van der Waals surface area contributed by atoms with Gasteiger partial charge in [0.1, 0.15) is 0 Å². The number of anilines is 1. The van der Waals surface area contributed by atoms with Gasteiger partial charge in [0.05, 0.1) is 6.54 Å². The average molecular weight is 543 g/mol. The third kappa shape index (κ3) is 7.93. The second-order valence-electron chi connectivity index (χ2n) is 8.82. The highest BCUT2D eigenvalue weighted by atomic mass is 127. The molecule has 0 aliphatic heterocycles. The van der Waals surface area contributed by atoms with Gasteiger partial charge in [-0.15, -0.1) is 24.0 Å². The summed E-state index contributed by atoms with van der Waals surface area (Å²) in [6, 6.07) is 8.04. The van der Waals surface area contributed by atoms with Crippen molar-refractivity contribution in [3.05, 3.63) is 29.8 Å². The van der Waals surface area contributed by atoms with Gasteiger partial charge in [-0.25, -0.2) is 4.99 Å². The maximum Gasteiger partial charge on any atom is 0.227 e. The number of amides is 1. The summed E-state index contributed by atoms with van der Waals surface area (Å²) >= 11 is 0. The quantitative estimate of drug-likeness (QED) is 0.228. The molecule has 3 N–H and O–H groups in total. The van der Waals surface area contributed by atoms with Gasteiger partial charge in [-0.3, -0.25) is 4.79 Å². The molecule has 2 saturated carbocycles. The average Bonchev–Trinajstić information content (AvgIpc) is 3.26. The summed E-state index contributed by atoms with van der Waals surface area (Å²) < 4.78 is 5.30. The second kappa shape index (κ2) is 13.3. The number of nitrogens with zero attached hydrogens (tertiary/aromatic N) is 1. The molecule has 0 bridgehead atoms. The molecule has 6 nitrogen and oxygen atoms in total. The summed E-state index contributed by atoms with van der Waals surface area (Å²) in [7, 11) is 1.77. The van der Waals surface area contributed by atoms with Gasteiger partial charge in [0.15, 0.2) is 5.96 Å². The molecule has 2 aliphatic rings. The van der Waals surface area contributed by atoms with E-state index in [4.69, 9.17) is 9.73 Å². The molecule has 7 heteroatoms. The summed E-state index contributed by atoms with van der Waals surface area (Å²) in [5.74, 6) is 1.18. The fourth-order valence-corrected chi connectivity index (χ4v) is 4.47. The Hall–Kier alpha value is -1.35. The molecule has 0 unspecified atom stereocenters. The number of nitrogens with one attached hydrogen (secondary N) is 3. The molecule has 1 aromatic rings. The predicted octanol–water partition coefficient (Wildman–Crippen LogP) is 4.70. The van der Waals surface area contributed by atoms with E-state index in [9.17, 15) is 4.79 Å². The lowest BCUT2D eigenvalue weighted by Crippen LogP contribution is -2.46. The van der Waals surface area contributed by atoms with Crippen molar-refractivity contribution in [3.63, 3.8) is 0 Å². The Balaban J connectivity index is 0.00000341. The van der Waals surface area contributed by atoms with Crippen molar-refractivity contribution in [2.45, 2.75) is 64.8 Å². The Kier molecular flexibility index (Phi) is 11.1. The van der Waals surface area contributed by atoms with E-state index in [1.807, 2.05) is 18.2 Å². The first-order chi connectivity index (χ1) is 14.6. The first-order valence-corrected chi connectivity index (χ1v) is 11.5. The third-order valence-corrected chi connectivity index (χ3v) is 6.57. The van der Waals surface area contributed by atoms with Gasteiger partial charge in [0.25, 0.3) is 0 Å². The van der Waals surface area contributed by atoms with Crippen molar-refractivity contribution >= 4 is 41.5 Å². The van der Waals surface area contributed by atoms with Crippen LogP contribution in [0.1, 0.15) is 63.9 Å². The number of hydrogen-bond donors (Lipinski definition) is 3. The zero-order chi connectivity index (χ0) is 21.2. The number of ether oxygens (including phenoxy) is 1. The zero-order valence-electron chi connectivity index (χ0n) is 19.0. The lowest BCUT2D eigenvalue weighted by molar-refractivity contribution is -0.119. The maximum absolute atomic E-state index is 12.4. The Morgan fingerprint density at radius 1 is 1.19 bits per heavy atom. The Morgan fingerprint density at radius 3 is 2.61 bits per heavy atom. The molecule has 0 heterocycles. The van der Waals surface area contributed by atoms with Gasteiger partial charge in [-0.1, -0.05) is 31.4 Å². The summed E-state index contributed by atoms with van der Waals surface area (Å²) in [6.07, 6.45) is 9.27. The van der Waals surface area contributed by atoms with Crippen LogP contribution in [0.4, 0.5) is 5.69 Å². The number of benzene rings is 1. The number of aliphatic imine (C=N–C) groups is 1. The van der Waals surface area contributed by atoms with Gasteiger partial charge < -0.3 is 20.7 Å². The molecule has 0 aromatic heterocycles. The van der Waals surface area contributed by atoms with E-state index in [0.29, 0.717) is 12.0 Å². The monoisotopic (exact) mass is 542 g/mol. The second-order valence-corrected chi connectivity index (χ2v) is 8.82. The minimum Gasteiger partial charge on any atom is -0.385 e. The minimum absolute atomic E-state index is 0.